The quantitative estimate of drug-likeness (QED) is 0.714. The lowest BCUT2D eigenvalue weighted by molar-refractivity contribution is 0.0600. The summed E-state index contributed by atoms with van der Waals surface area (Å²) in [7, 11) is 3.49. The third kappa shape index (κ3) is 2.59. The summed E-state index contributed by atoms with van der Waals surface area (Å²) in [6.45, 7) is 3.84. The first kappa shape index (κ1) is 16.8. The zero-order chi connectivity index (χ0) is 18.4. The van der Waals surface area contributed by atoms with Gasteiger partial charge in [-0.25, -0.2) is 4.79 Å². The number of pyridine rings is 1. The second-order valence-electron chi connectivity index (χ2n) is 7.04. The number of likely N-dealkylation sites (tertiary alicyclic amines) is 1. The summed E-state index contributed by atoms with van der Waals surface area (Å²) in [5.41, 5.74) is 2.62. The summed E-state index contributed by atoms with van der Waals surface area (Å²) in [4.78, 5) is 29.8. The molecule has 0 unspecified atom stereocenters. The molecule has 1 aliphatic heterocycles. The van der Waals surface area contributed by atoms with Gasteiger partial charge in [0.2, 0.25) is 0 Å². The van der Waals surface area contributed by atoms with Gasteiger partial charge in [-0.05, 0) is 57.6 Å². The van der Waals surface area contributed by atoms with Crippen molar-refractivity contribution < 1.29 is 9.53 Å². The van der Waals surface area contributed by atoms with E-state index in [0.29, 0.717) is 16.5 Å². The Morgan fingerprint density at radius 2 is 2.00 bits per heavy atom. The highest BCUT2D eigenvalue weighted by atomic mass is 16.5. The summed E-state index contributed by atoms with van der Waals surface area (Å²) in [6, 6.07) is 3.88. The number of carbonyl (C=O) groups excluding carboxylic acids is 1. The SMILES string of the molecule is COC(=O)c1cc2c(cc1C)[nH]c(=O)c1cnn(C3CCN(C)CC3)c12. The summed E-state index contributed by atoms with van der Waals surface area (Å²) in [5, 5.41) is 5.91. The number of carbonyl (C=O) groups is 1. The van der Waals surface area contributed by atoms with Crippen LogP contribution in [0.15, 0.2) is 23.1 Å². The summed E-state index contributed by atoms with van der Waals surface area (Å²) in [5.74, 6) is -0.380. The van der Waals surface area contributed by atoms with Gasteiger partial charge in [0.1, 0.15) is 0 Å². The molecule has 2 aromatic heterocycles. The highest BCUT2D eigenvalue weighted by Gasteiger charge is 2.23. The number of nitrogens with zero attached hydrogens (tertiary/aromatic N) is 3. The highest BCUT2D eigenvalue weighted by Crippen LogP contribution is 2.30. The molecule has 0 amide bonds. The molecule has 0 radical (unpaired) electrons. The number of methoxy groups -OCH3 is 1. The standard InChI is InChI=1S/C19H22N4O3/c1-11-8-16-14(9-13(11)19(25)26-3)17-15(18(24)21-16)10-20-23(17)12-4-6-22(2)7-5-12/h8-10,12H,4-7H2,1-3H3,(H,21,24). The Hall–Kier alpha value is -2.67. The minimum atomic E-state index is -0.380. The van der Waals surface area contributed by atoms with Crippen LogP contribution in [0.2, 0.25) is 0 Å². The number of benzene rings is 1. The van der Waals surface area contributed by atoms with Gasteiger partial charge in [-0.15, -0.1) is 0 Å². The molecule has 4 rings (SSSR count). The van der Waals surface area contributed by atoms with Crippen molar-refractivity contribution in [2.75, 3.05) is 27.2 Å². The summed E-state index contributed by atoms with van der Waals surface area (Å²) >= 11 is 0. The molecule has 0 spiro atoms. The number of hydrogen-bond acceptors (Lipinski definition) is 5. The van der Waals surface area contributed by atoms with E-state index in [1.807, 2.05) is 23.7 Å². The third-order valence-corrected chi connectivity index (χ3v) is 5.35. The smallest absolute Gasteiger partial charge is 0.338 e. The molecule has 3 aromatic rings. The van der Waals surface area contributed by atoms with Crippen molar-refractivity contribution in [2.45, 2.75) is 25.8 Å². The first-order valence-corrected chi connectivity index (χ1v) is 8.80. The van der Waals surface area contributed by atoms with E-state index in [2.05, 4.69) is 22.0 Å². The van der Waals surface area contributed by atoms with E-state index < -0.39 is 0 Å². The lowest BCUT2D eigenvalue weighted by atomic mass is 10.0. The predicted molar refractivity (Wildman–Crippen MR) is 99.7 cm³/mol. The van der Waals surface area contributed by atoms with Crippen molar-refractivity contribution in [3.8, 4) is 0 Å². The van der Waals surface area contributed by atoms with Gasteiger partial charge in [-0.3, -0.25) is 9.48 Å². The fourth-order valence-electron chi connectivity index (χ4n) is 3.84. The minimum Gasteiger partial charge on any atom is -0.465 e. The molecule has 0 saturated carbocycles. The van der Waals surface area contributed by atoms with Crippen LogP contribution in [0.4, 0.5) is 0 Å². The molecule has 1 saturated heterocycles. The molecule has 1 aromatic carbocycles. The monoisotopic (exact) mass is 354 g/mol. The molecule has 0 bridgehead atoms. The van der Waals surface area contributed by atoms with Crippen LogP contribution in [0.1, 0.15) is 34.8 Å². The van der Waals surface area contributed by atoms with Gasteiger partial charge in [0.15, 0.2) is 0 Å². The number of hydrogen-bond donors (Lipinski definition) is 1. The second kappa shape index (κ2) is 6.25. The van der Waals surface area contributed by atoms with Crippen molar-refractivity contribution in [1.29, 1.82) is 0 Å². The van der Waals surface area contributed by atoms with Gasteiger partial charge < -0.3 is 14.6 Å². The van der Waals surface area contributed by atoms with Crippen LogP contribution >= 0.6 is 0 Å². The fourth-order valence-corrected chi connectivity index (χ4v) is 3.84. The molecule has 7 nitrogen and oxygen atoms in total. The largest absolute Gasteiger partial charge is 0.465 e. The number of aromatic nitrogens is 3. The molecule has 1 fully saturated rings. The van der Waals surface area contributed by atoms with E-state index >= 15 is 0 Å². The number of H-pyrrole nitrogens is 1. The Bertz CT molecular complexity index is 1060. The van der Waals surface area contributed by atoms with Crippen LogP contribution in [0.5, 0.6) is 0 Å². The number of fused-ring (bicyclic) bond motifs is 3. The Morgan fingerprint density at radius 1 is 1.27 bits per heavy atom. The molecular formula is C19H22N4O3. The fraction of sp³-hybridized carbons (Fsp3) is 0.421. The average Bonchev–Trinajstić information content (AvgIpc) is 3.07. The first-order valence-electron chi connectivity index (χ1n) is 8.80. The average molecular weight is 354 g/mol. The van der Waals surface area contributed by atoms with Gasteiger partial charge in [0.05, 0.1) is 41.3 Å². The predicted octanol–water partition coefficient (Wildman–Crippen LogP) is 2.24. The number of aryl methyl sites for hydroxylation is 1. The van der Waals surface area contributed by atoms with E-state index in [0.717, 1.165) is 42.4 Å². The van der Waals surface area contributed by atoms with Crippen LogP contribution in [-0.4, -0.2) is 52.9 Å². The van der Waals surface area contributed by atoms with Crippen molar-refractivity contribution in [1.82, 2.24) is 19.7 Å². The lowest BCUT2D eigenvalue weighted by Crippen LogP contribution is -2.31. The first-order chi connectivity index (χ1) is 12.5. The van der Waals surface area contributed by atoms with Crippen LogP contribution in [0.25, 0.3) is 21.8 Å². The van der Waals surface area contributed by atoms with Gasteiger partial charge in [-0.1, -0.05) is 0 Å². The Balaban J connectivity index is 1.98. The van der Waals surface area contributed by atoms with E-state index in [4.69, 9.17) is 4.74 Å². The second-order valence-corrected chi connectivity index (χ2v) is 7.04. The number of nitrogens with one attached hydrogen (secondary N) is 1. The summed E-state index contributed by atoms with van der Waals surface area (Å²) in [6.07, 6.45) is 3.60. The van der Waals surface area contributed by atoms with Crippen molar-refractivity contribution >= 4 is 27.8 Å². The Kier molecular flexibility index (Phi) is 4.03. The topological polar surface area (TPSA) is 80.2 Å². The number of aromatic amines is 1. The van der Waals surface area contributed by atoms with Crippen molar-refractivity contribution in [3.63, 3.8) is 0 Å². The number of piperidine rings is 1. The van der Waals surface area contributed by atoms with Crippen molar-refractivity contribution in [3.05, 3.63) is 39.8 Å². The van der Waals surface area contributed by atoms with Gasteiger partial charge in [-0.2, -0.15) is 5.10 Å². The van der Waals surface area contributed by atoms with Gasteiger partial charge in [0.25, 0.3) is 5.56 Å². The molecule has 0 atom stereocenters. The van der Waals surface area contributed by atoms with Crippen LogP contribution in [0, 0.1) is 6.92 Å². The molecule has 0 aliphatic carbocycles. The van der Waals surface area contributed by atoms with Crippen LogP contribution < -0.4 is 5.56 Å². The maximum Gasteiger partial charge on any atom is 0.338 e. The Labute approximate surface area is 150 Å². The number of rotatable bonds is 2. The lowest BCUT2D eigenvalue weighted by Gasteiger charge is -2.29. The highest BCUT2D eigenvalue weighted by molar-refractivity contribution is 6.06. The molecule has 136 valence electrons. The molecule has 3 heterocycles. The van der Waals surface area contributed by atoms with Crippen molar-refractivity contribution in [2.24, 2.45) is 0 Å². The van der Waals surface area contributed by atoms with Crippen LogP contribution in [-0.2, 0) is 4.74 Å². The third-order valence-electron chi connectivity index (χ3n) is 5.35. The zero-order valence-corrected chi connectivity index (χ0v) is 15.2. The molecular weight excluding hydrogens is 332 g/mol. The van der Waals surface area contributed by atoms with Gasteiger partial charge in [0, 0.05) is 5.39 Å². The molecule has 26 heavy (non-hydrogen) atoms. The maximum atomic E-state index is 12.5. The van der Waals surface area contributed by atoms with Gasteiger partial charge >= 0.3 is 5.97 Å². The number of esters is 1. The van der Waals surface area contributed by atoms with Crippen LogP contribution in [0.3, 0.4) is 0 Å². The minimum absolute atomic E-state index is 0.156. The zero-order valence-electron chi connectivity index (χ0n) is 15.2. The summed E-state index contributed by atoms with van der Waals surface area (Å²) < 4.78 is 6.87. The van der Waals surface area contributed by atoms with E-state index in [1.54, 1.807) is 6.20 Å². The van der Waals surface area contributed by atoms with E-state index in [-0.39, 0.29) is 17.6 Å². The number of ether oxygens (including phenoxy) is 1. The molecule has 1 N–H and O–H groups in total. The maximum absolute atomic E-state index is 12.5. The normalized spacial score (nSPS) is 16.4. The van der Waals surface area contributed by atoms with E-state index in [1.165, 1.54) is 7.11 Å². The van der Waals surface area contributed by atoms with E-state index in [9.17, 15) is 9.59 Å². The molecule has 7 heteroatoms. The Morgan fingerprint density at radius 3 is 2.69 bits per heavy atom. The molecule has 1 aliphatic rings.